The summed E-state index contributed by atoms with van der Waals surface area (Å²) in [7, 11) is 0. The number of aromatic nitrogens is 5. The first kappa shape index (κ1) is 27.8. The van der Waals surface area contributed by atoms with Gasteiger partial charge >= 0.3 is 5.91 Å². The Morgan fingerprint density at radius 1 is 0.698 bits per heavy atom. The van der Waals surface area contributed by atoms with Crippen molar-refractivity contribution in [3.63, 3.8) is 0 Å². The molecule has 2 amide bonds. The van der Waals surface area contributed by atoms with Crippen molar-refractivity contribution < 1.29 is 36.5 Å². The van der Waals surface area contributed by atoms with Crippen LogP contribution in [0.15, 0.2) is 53.4 Å². The maximum absolute atomic E-state index is 13.2. The smallest absolute Gasteiger partial charge is 0.307 e. The van der Waals surface area contributed by atoms with Gasteiger partial charge in [0.15, 0.2) is 28.6 Å². The van der Waals surface area contributed by atoms with Crippen LogP contribution >= 0.6 is 0 Å². The van der Waals surface area contributed by atoms with E-state index in [-0.39, 0.29) is 65.2 Å². The molecule has 222 valence electrons. The number of rotatable bonds is 4. The molecule has 5 aromatic heterocycles. The predicted octanol–water partition coefficient (Wildman–Crippen LogP) is 2.54. The van der Waals surface area contributed by atoms with Gasteiger partial charge in [-0.05, 0) is 39.2 Å². The number of nitrogens with zero attached hydrogens (tertiary/aromatic N) is 5. The number of ketones is 1. The number of nitrogens with one attached hydrogen (secondary N) is 2. The fourth-order valence-corrected chi connectivity index (χ4v) is 4.34. The van der Waals surface area contributed by atoms with Gasteiger partial charge in [-0.2, -0.15) is 4.98 Å². The van der Waals surface area contributed by atoms with Crippen molar-refractivity contribution in [1.29, 1.82) is 0 Å². The molecule has 10 bridgehead atoms. The fraction of sp³-hybridized carbons (Fsp3) is 0.333. The van der Waals surface area contributed by atoms with Gasteiger partial charge in [0.2, 0.25) is 29.5 Å². The third-order valence-electron chi connectivity index (χ3n) is 6.66. The average molecular weight is 591 g/mol. The number of unbranched alkanes of at least 4 members (excludes halogenated alkanes) is 1. The molecule has 0 saturated heterocycles. The molecule has 0 spiro atoms. The first-order chi connectivity index (χ1) is 20.9. The lowest BCUT2D eigenvalue weighted by atomic mass is 10.0. The number of nitrogens with two attached hydrogens (primary N) is 1. The third-order valence-corrected chi connectivity index (χ3v) is 6.66. The number of hydrogen-bond acceptors (Lipinski definition) is 14. The minimum Gasteiger partial charge on any atom is -0.443 e. The summed E-state index contributed by atoms with van der Waals surface area (Å²) in [4.78, 5) is 60.5. The SMILES string of the molecule is CC1NC(=O)c2nc(co2)-c2nc(co2)-c2nc(co2)-c2nc(co2)-c2nc(co2)CCC(=O)C(CCCCN)NC1=O. The summed E-state index contributed by atoms with van der Waals surface area (Å²) >= 11 is 0. The van der Waals surface area contributed by atoms with Crippen molar-refractivity contribution in [2.45, 2.75) is 51.1 Å². The molecule has 0 saturated carbocycles. The van der Waals surface area contributed by atoms with Gasteiger partial charge in [0.25, 0.3) is 5.89 Å². The molecule has 0 radical (unpaired) electrons. The highest BCUT2D eigenvalue weighted by atomic mass is 16.4. The van der Waals surface area contributed by atoms with Gasteiger partial charge in [-0.1, -0.05) is 0 Å². The van der Waals surface area contributed by atoms with Crippen molar-refractivity contribution in [3.05, 3.63) is 42.9 Å². The van der Waals surface area contributed by atoms with Crippen molar-refractivity contribution >= 4 is 17.6 Å². The van der Waals surface area contributed by atoms with Crippen LogP contribution in [0.2, 0.25) is 0 Å². The number of amides is 2. The Morgan fingerprint density at radius 2 is 1.21 bits per heavy atom. The normalized spacial score (nSPS) is 17.8. The number of fused-ring (bicyclic) bond motifs is 14. The molecule has 4 N–H and O–H groups in total. The van der Waals surface area contributed by atoms with Crippen molar-refractivity contribution in [2.24, 2.45) is 5.73 Å². The van der Waals surface area contributed by atoms with Crippen LogP contribution in [-0.2, 0) is 16.0 Å². The van der Waals surface area contributed by atoms with Gasteiger partial charge in [-0.3, -0.25) is 14.4 Å². The molecule has 16 heteroatoms. The lowest BCUT2D eigenvalue weighted by Gasteiger charge is -2.20. The predicted molar refractivity (Wildman–Crippen MR) is 144 cm³/mol. The van der Waals surface area contributed by atoms with E-state index in [4.69, 9.17) is 27.8 Å². The van der Waals surface area contributed by atoms with Gasteiger partial charge in [-0.15, -0.1) is 0 Å². The molecular formula is C27H26N8O8. The number of aryl methyl sites for hydroxylation is 1. The average Bonchev–Trinajstić information content (AvgIpc) is 3.83. The number of hydrogen-bond donors (Lipinski definition) is 3. The van der Waals surface area contributed by atoms with E-state index in [1.165, 1.54) is 38.2 Å². The summed E-state index contributed by atoms with van der Waals surface area (Å²) in [5, 5.41) is 5.28. The Morgan fingerprint density at radius 3 is 1.79 bits per heavy atom. The molecule has 0 aromatic carbocycles. The Labute approximate surface area is 242 Å². The van der Waals surface area contributed by atoms with Crippen LogP contribution in [0, 0.1) is 0 Å². The molecule has 0 fully saturated rings. The second-order valence-corrected chi connectivity index (χ2v) is 9.80. The van der Waals surface area contributed by atoms with Crippen molar-refractivity contribution in [2.75, 3.05) is 6.54 Å². The van der Waals surface area contributed by atoms with Crippen LogP contribution in [-0.4, -0.2) is 61.1 Å². The Bertz CT molecular complexity index is 1760. The molecule has 6 heterocycles. The van der Waals surface area contributed by atoms with Crippen LogP contribution in [0.25, 0.3) is 46.3 Å². The summed E-state index contributed by atoms with van der Waals surface area (Å²) < 4.78 is 27.4. The van der Waals surface area contributed by atoms with Crippen LogP contribution in [0.5, 0.6) is 0 Å². The van der Waals surface area contributed by atoms with Crippen LogP contribution in [0.1, 0.15) is 49.0 Å². The second-order valence-electron chi connectivity index (χ2n) is 9.80. The number of oxazole rings is 5. The van der Waals surface area contributed by atoms with E-state index in [2.05, 4.69) is 35.6 Å². The van der Waals surface area contributed by atoms with E-state index in [0.717, 1.165) is 0 Å². The number of Topliss-reactive ketones (excluding diaryl/α,β-unsaturated/α-hetero) is 1. The van der Waals surface area contributed by atoms with E-state index in [0.29, 0.717) is 37.2 Å². The first-order valence-corrected chi connectivity index (χ1v) is 13.5. The maximum atomic E-state index is 13.2. The van der Waals surface area contributed by atoms with Gasteiger partial charge in [0.05, 0.1) is 11.7 Å². The van der Waals surface area contributed by atoms with Crippen LogP contribution in [0.4, 0.5) is 0 Å². The second kappa shape index (κ2) is 11.8. The topological polar surface area (TPSA) is 231 Å². The Balaban J connectivity index is 1.30. The highest BCUT2D eigenvalue weighted by Crippen LogP contribution is 2.28. The highest BCUT2D eigenvalue weighted by Gasteiger charge is 2.27. The van der Waals surface area contributed by atoms with E-state index in [1.54, 1.807) is 0 Å². The molecule has 43 heavy (non-hydrogen) atoms. The van der Waals surface area contributed by atoms with E-state index < -0.39 is 23.9 Å². The summed E-state index contributed by atoms with van der Waals surface area (Å²) in [6.45, 7) is 1.94. The monoisotopic (exact) mass is 590 g/mol. The molecule has 6 rings (SSSR count). The number of carbonyl (C=O) groups is 3. The first-order valence-electron chi connectivity index (χ1n) is 13.5. The molecule has 1 aliphatic rings. The minimum atomic E-state index is -1.00. The summed E-state index contributed by atoms with van der Waals surface area (Å²) in [5.74, 6) is -1.31. The van der Waals surface area contributed by atoms with E-state index >= 15 is 0 Å². The molecular weight excluding hydrogens is 564 g/mol. The Kier molecular flexibility index (Phi) is 7.65. The summed E-state index contributed by atoms with van der Waals surface area (Å²) in [5.41, 5.74) is 7.11. The molecule has 16 nitrogen and oxygen atoms in total. The minimum absolute atomic E-state index is 0.0368. The van der Waals surface area contributed by atoms with Crippen LogP contribution in [0.3, 0.4) is 0 Å². The zero-order chi connectivity index (χ0) is 29.9. The van der Waals surface area contributed by atoms with Gasteiger partial charge in [-0.25, -0.2) is 19.9 Å². The summed E-state index contributed by atoms with van der Waals surface area (Å²) in [6.07, 6.45) is 8.68. The van der Waals surface area contributed by atoms with Crippen molar-refractivity contribution in [1.82, 2.24) is 35.6 Å². The van der Waals surface area contributed by atoms with Gasteiger partial charge < -0.3 is 38.5 Å². The van der Waals surface area contributed by atoms with Gasteiger partial charge in [0.1, 0.15) is 37.4 Å². The third kappa shape index (κ3) is 5.99. The molecule has 1 aliphatic heterocycles. The quantitative estimate of drug-likeness (QED) is 0.255. The molecule has 0 aliphatic carbocycles. The van der Waals surface area contributed by atoms with Crippen LogP contribution < -0.4 is 16.4 Å². The largest absolute Gasteiger partial charge is 0.443 e. The van der Waals surface area contributed by atoms with Gasteiger partial charge in [0, 0.05) is 6.42 Å². The fourth-order valence-electron chi connectivity index (χ4n) is 4.34. The molecule has 2 unspecified atom stereocenters. The standard InChI is InChI=1S/C27H26N8O8/c1-13-21(37)31-15(4-2-3-7-28)20(36)6-5-14-8-39-23(30-14)16-9-40-24(32-16)17-10-41-25(33-17)18-11-42-26(34-18)19-12-43-27(35-19)22(38)29-13/h8-13,15H,2-7,28H2,1H3,(H,29,38)(H,31,37). The number of carbonyl (C=O) groups excluding carboxylic acids is 3. The molecule has 2 atom stereocenters. The Hall–Kier alpha value is -5.38. The van der Waals surface area contributed by atoms with E-state index in [1.807, 2.05) is 0 Å². The zero-order valence-electron chi connectivity index (χ0n) is 22.9. The zero-order valence-corrected chi connectivity index (χ0v) is 22.9. The lowest BCUT2D eigenvalue weighted by molar-refractivity contribution is -0.128. The van der Waals surface area contributed by atoms with E-state index in [9.17, 15) is 14.4 Å². The lowest BCUT2D eigenvalue weighted by Crippen LogP contribution is -2.50. The van der Waals surface area contributed by atoms with Crippen molar-refractivity contribution in [3.8, 4) is 46.3 Å². The summed E-state index contributed by atoms with van der Waals surface area (Å²) in [6, 6.07) is -1.79. The maximum Gasteiger partial charge on any atom is 0.307 e. The highest BCUT2D eigenvalue weighted by molar-refractivity contribution is 5.96. The molecule has 5 aromatic rings.